The van der Waals surface area contributed by atoms with Crippen molar-refractivity contribution in [2.45, 2.75) is 84.0 Å². The van der Waals surface area contributed by atoms with Gasteiger partial charge in [-0.25, -0.2) is 8.42 Å². The first-order valence-electron chi connectivity index (χ1n) is 14.6. The van der Waals surface area contributed by atoms with Crippen LogP contribution in [0, 0.1) is 0 Å². The molecular formula is C32H49NO5S. The van der Waals surface area contributed by atoms with Crippen LogP contribution >= 0.6 is 0 Å². The first kappa shape index (κ1) is 32.9. The van der Waals surface area contributed by atoms with E-state index in [4.69, 9.17) is 9.47 Å². The fourth-order valence-electron chi connectivity index (χ4n) is 5.32. The van der Waals surface area contributed by atoms with E-state index in [0.717, 1.165) is 16.2 Å². The van der Waals surface area contributed by atoms with Gasteiger partial charge in [0.2, 0.25) is 0 Å². The second-order valence-corrected chi connectivity index (χ2v) is 11.8. The van der Waals surface area contributed by atoms with Crippen LogP contribution < -0.4 is 9.47 Å². The van der Waals surface area contributed by atoms with Gasteiger partial charge in [0.1, 0.15) is 21.6 Å². The Balaban J connectivity index is 0.000000285. The van der Waals surface area contributed by atoms with E-state index >= 15 is 0 Å². The molecule has 0 amide bonds. The molecule has 3 aromatic rings. The zero-order valence-electron chi connectivity index (χ0n) is 24.9. The second-order valence-electron chi connectivity index (χ2n) is 10.4. The fraction of sp³-hybridized carbons (Fsp3) is 0.562. The quantitative estimate of drug-likeness (QED) is 0.107. The van der Waals surface area contributed by atoms with Gasteiger partial charge < -0.3 is 18.5 Å². The van der Waals surface area contributed by atoms with Crippen LogP contribution in [0.5, 0.6) is 11.5 Å². The monoisotopic (exact) mass is 559 g/mol. The topological polar surface area (TPSA) is 75.7 Å². The molecule has 218 valence electrons. The summed E-state index contributed by atoms with van der Waals surface area (Å²) in [5.74, 6) is 0.491. The molecule has 0 unspecified atom stereocenters. The van der Waals surface area contributed by atoms with Gasteiger partial charge in [0, 0.05) is 5.39 Å². The molecule has 0 heterocycles. The minimum atomic E-state index is -4.65. The highest BCUT2D eigenvalue weighted by Crippen LogP contribution is 2.42. The molecule has 7 heteroatoms. The van der Waals surface area contributed by atoms with Crippen LogP contribution in [0.4, 0.5) is 0 Å². The number of rotatable bonds is 15. The van der Waals surface area contributed by atoms with Gasteiger partial charge in [-0.3, -0.25) is 0 Å². The minimum absolute atomic E-state index is 0.00935. The number of nitrogens with zero attached hydrogens (tertiary/aromatic N) is 1. The van der Waals surface area contributed by atoms with Gasteiger partial charge in [-0.05, 0) is 48.6 Å². The summed E-state index contributed by atoms with van der Waals surface area (Å²) in [6.45, 7) is 15.0. The molecule has 0 saturated carbocycles. The fourth-order valence-corrected chi connectivity index (χ4v) is 5.97. The van der Waals surface area contributed by atoms with Crippen molar-refractivity contribution in [2.75, 3.05) is 40.4 Å². The average molecular weight is 560 g/mol. The number of hydrogen-bond acceptors (Lipinski definition) is 5. The molecule has 0 aliphatic rings. The van der Waals surface area contributed by atoms with Crippen molar-refractivity contribution in [1.82, 2.24) is 0 Å². The maximum absolute atomic E-state index is 11.4. The summed E-state index contributed by atoms with van der Waals surface area (Å²) in [6.07, 6.45) is 11.1. The van der Waals surface area contributed by atoms with Crippen LogP contribution in [0.25, 0.3) is 21.5 Å². The average Bonchev–Trinajstić information content (AvgIpc) is 2.94. The van der Waals surface area contributed by atoms with Crippen molar-refractivity contribution in [1.29, 1.82) is 0 Å². The number of fused-ring (bicyclic) bond motifs is 2. The summed E-state index contributed by atoms with van der Waals surface area (Å²) in [7, 11) is -1.82. The smallest absolute Gasteiger partial charge is 0.147 e. The molecule has 0 radical (unpaired) electrons. The van der Waals surface area contributed by atoms with Gasteiger partial charge in [-0.1, -0.05) is 83.7 Å². The maximum Gasteiger partial charge on any atom is 0.147 e. The molecule has 39 heavy (non-hydrogen) atoms. The largest absolute Gasteiger partial charge is 0.744 e. The molecule has 0 aliphatic heterocycles. The van der Waals surface area contributed by atoms with E-state index in [1.807, 2.05) is 30.3 Å². The third kappa shape index (κ3) is 8.82. The highest BCUT2D eigenvalue weighted by Gasteiger charge is 2.24. The van der Waals surface area contributed by atoms with Gasteiger partial charge in [-0.2, -0.15) is 0 Å². The lowest BCUT2D eigenvalue weighted by Crippen LogP contribution is -2.50. The molecule has 0 N–H and O–H groups in total. The maximum atomic E-state index is 11.4. The lowest BCUT2D eigenvalue weighted by molar-refractivity contribution is -0.929. The van der Waals surface area contributed by atoms with Crippen LogP contribution in [0.15, 0.2) is 47.4 Å². The zero-order chi connectivity index (χ0) is 28.9. The predicted octanol–water partition coefficient (Wildman–Crippen LogP) is 7.92. The lowest BCUT2D eigenvalue weighted by atomic mass is 10.0. The molecular weight excluding hydrogens is 510 g/mol. The van der Waals surface area contributed by atoms with E-state index < -0.39 is 15.0 Å². The summed E-state index contributed by atoms with van der Waals surface area (Å²) in [5.41, 5.74) is 0. The van der Waals surface area contributed by atoms with Crippen LogP contribution in [0.1, 0.15) is 79.1 Å². The number of quaternary nitrogens is 1. The van der Waals surface area contributed by atoms with Crippen LogP contribution in [-0.4, -0.2) is 57.9 Å². The Labute approximate surface area is 236 Å². The molecule has 0 aliphatic carbocycles. The Morgan fingerprint density at radius 2 is 1.18 bits per heavy atom. The highest BCUT2D eigenvalue weighted by molar-refractivity contribution is 7.85. The normalized spacial score (nSPS) is 11.9. The Morgan fingerprint density at radius 1 is 0.692 bits per heavy atom. The van der Waals surface area contributed by atoms with Crippen molar-refractivity contribution in [3.05, 3.63) is 42.5 Å². The van der Waals surface area contributed by atoms with Crippen LogP contribution in [0.2, 0.25) is 0 Å². The van der Waals surface area contributed by atoms with Gasteiger partial charge in [0.15, 0.2) is 0 Å². The van der Waals surface area contributed by atoms with Crippen molar-refractivity contribution < 1.29 is 26.9 Å². The molecule has 0 atom stereocenters. The number of unbranched alkanes of at least 4 members (excludes halogenated alkanes) is 4. The standard InChI is InChI=1S/C16H36N.C16H14O5S/c1-5-9-13-17(14-10-6-2,15-11-7-3)16-12-8-4;1-20-15-12-6-4-3-5-10(12)9-11-7-8-13(22(17,18)19)16(21-2)14(11)15/h5-16H2,1-4H3;3-9H,1-2H3,(H,17,18,19)/q+1;/p-1. The van der Waals surface area contributed by atoms with Crippen molar-refractivity contribution >= 4 is 31.7 Å². The lowest BCUT2D eigenvalue weighted by Gasteiger charge is -2.39. The van der Waals surface area contributed by atoms with Gasteiger partial charge in [-0.15, -0.1) is 0 Å². The van der Waals surface area contributed by atoms with E-state index in [1.54, 1.807) is 6.07 Å². The minimum Gasteiger partial charge on any atom is -0.744 e. The first-order chi connectivity index (χ1) is 18.7. The Morgan fingerprint density at radius 3 is 1.62 bits per heavy atom. The molecule has 0 saturated heterocycles. The summed E-state index contributed by atoms with van der Waals surface area (Å²) in [4.78, 5) is -0.393. The Bertz CT molecular complexity index is 1240. The van der Waals surface area contributed by atoms with Crippen molar-refractivity contribution in [3.63, 3.8) is 0 Å². The molecule has 0 fully saturated rings. The summed E-state index contributed by atoms with van der Waals surface area (Å²) >= 11 is 0. The third-order valence-electron chi connectivity index (χ3n) is 7.52. The van der Waals surface area contributed by atoms with Gasteiger partial charge in [0.25, 0.3) is 0 Å². The number of benzene rings is 3. The van der Waals surface area contributed by atoms with Crippen LogP contribution in [0.3, 0.4) is 0 Å². The zero-order valence-corrected chi connectivity index (χ0v) is 25.7. The van der Waals surface area contributed by atoms with E-state index in [-0.39, 0.29) is 5.75 Å². The van der Waals surface area contributed by atoms with E-state index in [1.165, 1.54) is 102 Å². The van der Waals surface area contributed by atoms with E-state index in [0.29, 0.717) is 11.1 Å². The summed E-state index contributed by atoms with van der Waals surface area (Å²) < 4.78 is 46.4. The molecule has 0 bridgehead atoms. The predicted molar refractivity (Wildman–Crippen MR) is 162 cm³/mol. The number of hydrogen-bond donors (Lipinski definition) is 0. The van der Waals surface area contributed by atoms with Crippen LogP contribution in [-0.2, 0) is 10.1 Å². The van der Waals surface area contributed by atoms with E-state index in [2.05, 4.69) is 27.7 Å². The van der Waals surface area contributed by atoms with Crippen molar-refractivity contribution in [2.24, 2.45) is 0 Å². The van der Waals surface area contributed by atoms with E-state index in [9.17, 15) is 13.0 Å². The SMILES string of the molecule is CCCC[N+](CCCC)(CCCC)CCCC.COc1c(S(=O)(=O)[O-])ccc2cc3ccccc3c(OC)c12. The van der Waals surface area contributed by atoms with Crippen molar-refractivity contribution in [3.8, 4) is 11.5 Å². The molecule has 3 rings (SSSR count). The first-order valence-corrected chi connectivity index (χ1v) is 16.0. The summed E-state index contributed by atoms with van der Waals surface area (Å²) in [5, 5.41) is 2.98. The molecule has 0 aromatic heterocycles. The number of methoxy groups -OCH3 is 2. The van der Waals surface area contributed by atoms with Gasteiger partial charge >= 0.3 is 0 Å². The van der Waals surface area contributed by atoms with Gasteiger partial charge in [0.05, 0.1) is 50.7 Å². The molecule has 6 nitrogen and oxygen atoms in total. The Kier molecular flexibility index (Phi) is 13.5. The summed E-state index contributed by atoms with van der Waals surface area (Å²) in [6, 6.07) is 12.3. The second kappa shape index (κ2) is 16.0. The highest BCUT2D eigenvalue weighted by atomic mass is 32.2. The molecule has 0 spiro atoms. The third-order valence-corrected chi connectivity index (χ3v) is 8.38. The molecule has 3 aromatic carbocycles. The number of ether oxygens (including phenoxy) is 2. The Hall–Kier alpha value is -2.35.